The van der Waals surface area contributed by atoms with Crippen molar-refractivity contribution >= 4 is 45.1 Å². The van der Waals surface area contributed by atoms with Crippen molar-refractivity contribution in [2.75, 3.05) is 0 Å². The van der Waals surface area contributed by atoms with Gasteiger partial charge in [0, 0.05) is 5.02 Å². The van der Waals surface area contributed by atoms with Gasteiger partial charge in [0.25, 0.3) is 0 Å². The van der Waals surface area contributed by atoms with Gasteiger partial charge in [-0.25, -0.2) is 0 Å². The lowest BCUT2D eigenvalue weighted by Gasteiger charge is -2.18. The molecule has 3 aromatic carbocycles. The molecule has 2 N–H and O–H groups in total. The summed E-state index contributed by atoms with van der Waals surface area (Å²) < 4.78 is 0. The van der Waals surface area contributed by atoms with Crippen LogP contribution in [0.15, 0.2) is 78.2 Å². The number of allylic oxidation sites excluding steroid dienone is 2. The maximum Gasteiger partial charge on any atom is 0.232 e. The van der Waals surface area contributed by atoms with Crippen LogP contribution in [0.4, 0.5) is 0 Å². The van der Waals surface area contributed by atoms with Gasteiger partial charge in [-0.15, -0.1) is 0 Å². The molecule has 1 aliphatic carbocycles. The quantitative estimate of drug-likeness (QED) is 0.625. The first kappa shape index (κ1) is 17.1. The molecule has 4 nitrogen and oxygen atoms in total. The number of ketones is 2. The van der Waals surface area contributed by atoms with Crippen molar-refractivity contribution in [1.82, 2.24) is 0 Å². The zero-order valence-electron chi connectivity index (χ0n) is 13.9. The van der Waals surface area contributed by atoms with Crippen molar-refractivity contribution < 1.29 is 19.8 Å². The number of aliphatic hydroxyl groups excluding tert-OH is 2. The Morgan fingerprint density at radius 2 is 1.22 bits per heavy atom. The minimum absolute atomic E-state index is 0.214. The Hall–Kier alpha value is -3.37. The minimum atomic E-state index is -0.822. The molecule has 0 spiro atoms. The van der Waals surface area contributed by atoms with Crippen molar-refractivity contribution in [3.8, 4) is 0 Å². The van der Waals surface area contributed by atoms with Crippen LogP contribution < -0.4 is 0 Å². The molecule has 0 aromatic heterocycles. The highest BCUT2D eigenvalue weighted by Crippen LogP contribution is 2.35. The number of rotatable bonds is 2. The molecule has 0 aliphatic heterocycles. The second kappa shape index (κ2) is 6.41. The summed E-state index contributed by atoms with van der Waals surface area (Å²) in [6, 6.07) is 18.8. The van der Waals surface area contributed by atoms with Gasteiger partial charge >= 0.3 is 0 Å². The highest BCUT2D eigenvalue weighted by molar-refractivity contribution is 6.46. The van der Waals surface area contributed by atoms with E-state index in [9.17, 15) is 19.8 Å². The SMILES string of the molecule is O=C1C(O)=C(c2ccc3ccccc3c2)C(=O)C(O)=C1c1cccc(Cl)c1. The molecule has 0 unspecified atom stereocenters. The van der Waals surface area contributed by atoms with Crippen LogP contribution in [-0.2, 0) is 9.59 Å². The van der Waals surface area contributed by atoms with Crippen molar-refractivity contribution in [1.29, 1.82) is 0 Å². The van der Waals surface area contributed by atoms with Gasteiger partial charge < -0.3 is 10.2 Å². The van der Waals surface area contributed by atoms with Gasteiger partial charge in [0.2, 0.25) is 11.6 Å². The molecule has 4 rings (SSSR count). The second-order valence-corrected chi connectivity index (χ2v) is 6.61. The van der Waals surface area contributed by atoms with Gasteiger partial charge in [0.1, 0.15) is 0 Å². The summed E-state index contributed by atoms with van der Waals surface area (Å²) in [4.78, 5) is 25.5. The lowest BCUT2D eigenvalue weighted by molar-refractivity contribution is -0.116. The molecule has 0 bridgehead atoms. The van der Waals surface area contributed by atoms with Crippen LogP contribution in [0.5, 0.6) is 0 Å². The van der Waals surface area contributed by atoms with Crippen molar-refractivity contribution in [2.24, 2.45) is 0 Å². The summed E-state index contributed by atoms with van der Waals surface area (Å²) in [5.41, 5.74) is 0.155. The van der Waals surface area contributed by atoms with Crippen molar-refractivity contribution in [3.05, 3.63) is 94.4 Å². The molecule has 0 atom stereocenters. The van der Waals surface area contributed by atoms with E-state index >= 15 is 0 Å². The third-order valence-electron chi connectivity index (χ3n) is 4.51. The smallest absolute Gasteiger partial charge is 0.232 e. The second-order valence-electron chi connectivity index (χ2n) is 6.18. The molecule has 0 radical (unpaired) electrons. The summed E-state index contributed by atoms with van der Waals surface area (Å²) in [6.45, 7) is 0. The zero-order chi connectivity index (χ0) is 19.1. The number of halogens is 1. The van der Waals surface area contributed by atoms with E-state index in [-0.39, 0.29) is 16.7 Å². The van der Waals surface area contributed by atoms with Gasteiger partial charge in [-0.3, -0.25) is 9.59 Å². The number of Topliss-reactive ketones (excluding diaryl/α,β-unsaturated/α-hetero) is 2. The summed E-state index contributed by atoms with van der Waals surface area (Å²) in [6.07, 6.45) is 0. The average molecular weight is 377 g/mol. The molecule has 3 aromatic rings. The molecule has 0 amide bonds. The highest BCUT2D eigenvalue weighted by Gasteiger charge is 2.36. The van der Waals surface area contributed by atoms with Crippen LogP contribution in [0, 0.1) is 0 Å². The molecule has 1 aliphatic rings. The summed E-state index contributed by atoms with van der Waals surface area (Å²) >= 11 is 5.94. The summed E-state index contributed by atoms with van der Waals surface area (Å²) in [7, 11) is 0. The van der Waals surface area contributed by atoms with E-state index in [1.54, 1.807) is 30.3 Å². The fraction of sp³-hybridized carbons (Fsp3) is 0. The van der Waals surface area contributed by atoms with E-state index in [0.717, 1.165) is 10.8 Å². The Morgan fingerprint density at radius 1 is 0.630 bits per heavy atom. The first-order chi connectivity index (χ1) is 13.0. The average Bonchev–Trinajstić information content (AvgIpc) is 2.67. The molecule has 0 saturated carbocycles. The monoisotopic (exact) mass is 376 g/mol. The predicted molar refractivity (Wildman–Crippen MR) is 105 cm³/mol. The zero-order valence-corrected chi connectivity index (χ0v) is 14.7. The summed E-state index contributed by atoms with van der Waals surface area (Å²) in [5.74, 6) is -3.03. The van der Waals surface area contributed by atoms with E-state index in [1.165, 1.54) is 12.1 Å². The molecule has 5 heteroatoms. The van der Waals surface area contributed by atoms with Crippen molar-refractivity contribution in [3.63, 3.8) is 0 Å². The van der Waals surface area contributed by atoms with E-state index in [4.69, 9.17) is 11.6 Å². The van der Waals surface area contributed by atoms with Crippen LogP contribution in [0.2, 0.25) is 5.02 Å². The fourth-order valence-electron chi connectivity index (χ4n) is 3.20. The van der Waals surface area contributed by atoms with E-state index in [2.05, 4.69) is 0 Å². The first-order valence-corrected chi connectivity index (χ1v) is 8.56. The highest BCUT2D eigenvalue weighted by atomic mass is 35.5. The predicted octanol–water partition coefficient (Wildman–Crippen LogP) is 4.88. The van der Waals surface area contributed by atoms with E-state index in [1.807, 2.05) is 24.3 Å². The van der Waals surface area contributed by atoms with E-state index < -0.39 is 23.1 Å². The largest absolute Gasteiger partial charge is 0.504 e. The Kier molecular flexibility index (Phi) is 4.05. The maximum atomic E-state index is 12.8. The Labute approximate surface area is 159 Å². The normalized spacial score (nSPS) is 15.0. The molecule has 0 fully saturated rings. The molecule has 27 heavy (non-hydrogen) atoms. The van der Waals surface area contributed by atoms with Gasteiger partial charge in [0.15, 0.2) is 11.5 Å². The van der Waals surface area contributed by atoms with Crippen molar-refractivity contribution in [2.45, 2.75) is 0 Å². The maximum absolute atomic E-state index is 12.8. The van der Waals surface area contributed by atoms with Crippen LogP contribution >= 0.6 is 11.6 Å². The van der Waals surface area contributed by atoms with Crippen LogP contribution in [0.1, 0.15) is 11.1 Å². The molecule has 0 saturated heterocycles. The van der Waals surface area contributed by atoms with Gasteiger partial charge in [-0.1, -0.05) is 60.1 Å². The Bertz CT molecular complexity index is 1190. The van der Waals surface area contributed by atoms with Gasteiger partial charge in [0.05, 0.1) is 11.1 Å². The number of benzene rings is 3. The third-order valence-corrected chi connectivity index (χ3v) is 4.74. The number of hydrogen-bond acceptors (Lipinski definition) is 4. The molecule has 132 valence electrons. The standard InChI is InChI=1S/C22H13ClO4/c23-16-7-3-6-14(11-16)17-19(24)21(26)18(22(27)20(17)25)15-9-8-12-4-1-2-5-13(12)10-15/h1-11,24,27H. The lowest BCUT2D eigenvalue weighted by Crippen LogP contribution is -2.22. The van der Waals surface area contributed by atoms with Gasteiger partial charge in [-0.05, 0) is 40.1 Å². The molecular formula is C22H13ClO4. The third kappa shape index (κ3) is 2.80. The number of carbonyl (C=O) groups excluding carboxylic acids is 2. The van der Waals surface area contributed by atoms with Crippen LogP contribution in [-0.4, -0.2) is 21.8 Å². The number of aliphatic hydroxyl groups is 2. The minimum Gasteiger partial charge on any atom is -0.504 e. The number of carbonyl (C=O) groups is 2. The molecular weight excluding hydrogens is 364 g/mol. The Morgan fingerprint density at radius 3 is 1.85 bits per heavy atom. The number of hydrogen-bond donors (Lipinski definition) is 2. The molecule has 0 heterocycles. The number of fused-ring (bicyclic) bond motifs is 1. The Balaban J connectivity index is 1.86. The van der Waals surface area contributed by atoms with Crippen LogP contribution in [0.25, 0.3) is 21.9 Å². The van der Waals surface area contributed by atoms with Crippen LogP contribution in [0.3, 0.4) is 0 Å². The fourth-order valence-corrected chi connectivity index (χ4v) is 3.39. The van der Waals surface area contributed by atoms with E-state index in [0.29, 0.717) is 10.6 Å². The lowest BCUT2D eigenvalue weighted by atomic mass is 9.86. The first-order valence-electron chi connectivity index (χ1n) is 8.18. The van der Waals surface area contributed by atoms with Gasteiger partial charge in [-0.2, -0.15) is 0 Å². The topological polar surface area (TPSA) is 74.6 Å². The summed E-state index contributed by atoms with van der Waals surface area (Å²) in [5, 5.41) is 23.1.